The molecule has 4 rings (SSSR count). The van der Waals surface area contributed by atoms with Gasteiger partial charge in [0.2, 0.25) is 5.89 Å². The Balaban J connectivity index is 1.60. The molecular formula is C23H27N3O. The van der Waals surface area contributed by atoms with Gasteiger partial charge in [0.1, 0.15) is 0 Å². The van der Waals surface area contributed by atoms with Crippen molar-refractivity contribution >= 4 is 0 Å². The molecule has 1 aliphatic rings. The maximum absolute atomic E-state index is 5.68. The van der Waals surface area contributed by atoms with Gasteiger partial charge in [0, 0.05) is 6.04 Å². The Bertz CT molecular complexity index is 792. The molecule has 0 spiro atoms. The smallest absolute Gasteiger partial charge is 0.240 e. The molecule has 1 aliphatic heterocycles. The van der Waals surface area contributed by atoms with Gasteiger partial charge in [0.15, 0.2) is 5.82 Å². The summed E-state index contributed by atoms with van der Waals surface area (Å²) in [5.41, 5.74) is 2.36. The molecule has 1 atom stereocenters. The van der Waals surface area contributed by atoms with Crippen LogP contribution in [0.4, 0.5) is 0 Å². The number of benzene rings is 2. The van der Waals surface area contributed by atoms with Gasteiger partial charge in [0.05, 0.1) is 12.5 Å². The lowest BCUT2D eigenvalue weighted by molar-refractivity contribution is 0.120. The van der Waals surface area contributed by atoms with Crippen LogP contribution < -0.4 is 0 Å². The molecule has 2 aromatic carbocycles. The lowest BCUT2D eigenvalue weighted by Gasteiger charge is -2.33. The fraction of sp³-hybridized carbons (Fsp3) is 0.391. The van der Waals surface area contributed by atoms with Crippen molar-refractivity contribution in [2.24, 2.45) is 0 Å². The minimum absolute atomic E-state index is 0.00627. The van der Waals surface area contributed by atoms with Gasteiger partial charge in [-0.25, -0.2) is 0 Å². The van der Waals surface area contributed by atoms with Gasteiger partial charge in [0.25, 0.3) is 0 Å². The van der Waals surface area contributed by atoms with Gasteiger partial charge in [-0.15, -0.1) is 0 Å². The Morgan fingerprint density at radius 3 is 2.30 bits per heavy atom. The van der Waals surface area contributed by atoms with Crippen molar-refractivity contribution in [3.63, 3.8) is 0 Å². The number of hydrogen-bond acceptors (Lipinski definition) is 4. The fourth-order valence-corrected chi connectivity index (χ4v) is 4.14. The molecular weight excluding hydrogens is 334 g/mol. The van der Waals surface area contributed by atoms with Crippen molar-refractivity contribution < 1.29 is 4.52 Å². The van der Waals surface area contributed by atoms with Crippen molar-refractivity contribution in [3.05, 3.63) is 83.5 Å². The summed E-state index contributed by atoms with van der Waals surface area (Å²) in [6.07, 6.45) is 5.04. The number of likely N-dealkylation sites (tertiary alicyclic amines) is 1. The molecule has 0 amide bonds. The minimum Gasteiger partial charge on any atom is -0.338 e. The van der Waals surface area contributed by atoms with Gasteiger partial charge in [-0.3, -0.25) is 4.90 Å². The molecule has 1 fully saturated rings. The average molecular weight is 361 g/mol. The molecule has 0 N–H and O–H groups in total. The van der Waals surface area contributed by atoms with E-state index in [0.717, 1.165) is 24.8 Å². The Morgan fingerprint density at radius 1 is 1.00 bits per heavy atom. The highest BCUT2D eigenvalue weighted by Crippen LogP contribution is 2.30. The summed E-state index contributed by atoms with van der Waals surface area (Å²) in [6.45, 7) is 4.14. The second-order valence-corrected chi connectivity index (χ2v) is 7.33. The number of piperidine rings is 1. The largest absolute Gasteiger partial charge is 0.338 e. The second-order valence-electron chi connectivity index (χ2n) is 7.33. The van der Waals surface area contributed by atoms with Crippen molar-refractivity contribution in [2.75, 3.05) is 6.54 Å². The first kappa shape index (κ1) is 17.9. The Labute approximate surface area is 161 Å². The van der Waals surface area contributed by atoms with Gasteiger partial charge in [-0.1, -0.05) is 79.2 Å². The first-order valence-electron chi connectivity index (χ1n) is 10.0. The van der Waals surface area contributed by atoms with Crippen LogP contribution in [0.2, 0.25) is 0 Å². The van der Waals surface area contributed by atoms with Crippen LogP contribution in [0.15, 0.2) is 65.2 Å². The summed E-state index contributed by atoms with van der Waals surface area (Å²) >= 11 is 0. The average Bonchev–Trinajstić information content (AvgIpc) is 3.18. The summed E-state index contributed by atoms with van der Waals surface area (Å²) in [5, 5.41) is 4.37. The highest BCUT2D eigenvalue weighted by molar-refractivity contribution is 5.37. The van der Waals surface area contributed by atoms with Crippen molar-refractivity contribution in [3.8, 4) is 0 Å². The Kier molecular flexibility index (Phi) is 5.64. The normalized spacial score (nSPS) is 18.1. The molecule has 1 saturated heterocycles. The zero-order valence-corrected chi connectivity index (χ0v) is 15.9. The van der Waals surface area contributed by atoms with Crippen LogP contribution in [0.25, 0.3) is 0 Å². The fourth-order valence-electron chi connectivity index (χ4n) is 4.14. The maximum Gasteiger partial charge on any atom is 0.240 e. The Hall–Kier alpha value is -2.46. The maximum atomic E-state index is 5.68. The third kappa shape index (κ3) is 4.11. The summed E-state index contributed by atoms with van der Waals surface area (Å²) in [6, 6.07) is 21.5. The van der Waals surface area contributed by atoms with E-state index in [9.17, 15) is 0 Å². The minimum atomic E-state index is -0.00627. The highest BCUT2D eigenvalue weighted by atomic mass is 16.5. The topological polar surface area (TPSA) is 42.2 Å². The molecule has 0 aliphatic carbocycles. The summed E-state index contributed by atoms with van der Waals surface area (Å²) < 4.78 is 5.68. The first-order valence-corrected chi connectivity index (χ1v) is 10.0. The van der Waals surface area contributed by atoms with E-state index >= 15 is 0 Å². The van der Waals surface area contributed by atoms with Crippen LogP contribution in [-0.4, -0.2) is 27.6 Å². The van der Waals surface area contributed by atoms with E-state index in [2.05, 4.69) is 65.5 Å². The number of nitrogens with zero attached hydrogens (tertiary/aromatic N) is 3. The third-order valence-electron chi connectivity index (χ3n) is 5.57. The van der Waals surface area contributed by atoms with Crippen LogP contribution in [0, 0.1) is 0 Å². The van der Waals surface area contributed by atoms with Crippen molar-refractivity contribution in [2.45, 2.75) is 51.1 Å². The van der Waals surface area contributed by atoms with E-state index in [1.54, 1.807) is 0 Å². The Morgan fingerprint density at radius 2 is 1.67 bits per heavy atom. The zero-order chi connectivity index (χ0) is 18.5. The molecule has 0 bridgehead atoms. The standard InChI is InChI=1S/C23H27N3O/c1-2-20-15-9-10-16-26(20)17-21-24-23(25-27-21)22(18-11-5-3-6-12-18)19-13-7-4-8-14-19/h3-8,11-14,20,22H,2,9-10,15-17H2,1H3/t20-/m0/s1. The molecule has 4 nitrogen and oxygen atoms in total. The molecule has 0 radical (unpaired) electrons. The second kappa shape index (κ2) is 8.49. The summed E-state index contributed by atoms with van der Waals surface area (Å²) in [7, 11) is 0. The summed E-state index contributed by atoms with van der Waals surface area (Å²) in [4.78, 5) is 7.31. The molecule has 1 aromatic heterocycles. The number of rotatable bonds is 6. The van der Waals surface area contributed by atoms with Crippen molar-refractivity contribution in [1.82, 2.24) is 15.0 Å². The molecule has 0 saturated carbocycles. The molecule has 140 valence electrons. The van der Waals surface area contributed by atoms with Gasteiger partial charge in [-0.2, -0.15) is 4.98 Å². The van der Waals surface area contributed by atoms with Gasteiger partial charge in [-0.05, 0) is 36.9 Å². The molecule has 4 heteroatoms. The van der Waals surface area contributed by atoms with Gasteiger partial charge < -0.3 is 4.52 Å². The molecule has 0 unspecified atom stereocenters. The van der Waals surface area contributed by atoms with E-state index in [-0.39, 0.29) is 5.92 Å². The summed E-state index contributed by atoms with van der Waals surface area (Å²) in [5.74, 6) is 1.46. The number of aromatic nitrogens is 2. The van der Waals surface area contributed by atoms with Crippen molar-refractivity contribution in [1.29, 1.82) is 0 Å². The van der Waals surface area contributed by atoms with E-state index in [1.807, 2.05) is 12.1 Å². The predicted octanol–water partition coefficient (Wildman–Crippen LogP) is 5.01. The van der Waals surface area contributed by atoms with E-state index in [1.165, 1.54) is 36.8 Å². The lowest BCUT2D eigenvalue weighted by Crippen LogP contribution is -2.38. The zero-order valence-electron chi connectivity index (χ0n) is 15.9. The van der Waals surface area contributed by atoms with E-state index < -0.39 is 0 Å². The molecule has 27 heavy (non-hydrogen) atoms. The third-order valence-corrected chi connectivity index (χ3v) is 5.57. The van der Waals surface area contributed by atoms with Crippen LogP contribution in [-0.2, 0) is 6.54 Å². The quantitative estimate of drug-likeness (QED) is 0.619. The number of hydrogen-bond donors (Lipinski definition) is 0. The monoisotopic (exact) mass is 361 g/mol. The lowest BCUT2D eigenvalue weighted by atomic mass is 9.91. The van der Waals surface area contributed by atoms with Crippen LogP contribution in [0.3, 0.4) is 0 Å². The van der Waals surface area contributed by atoms with Crippen LogP contribution in [0.5, 0.6) is 0 Å². The van der Waals surface area contributed by atoms with Crippen LogP contribution >= 0.6 is 0 Å². The highest BCUT2D eigenvalue weighted by Gasteiger charge is 2.25. The van der Waals surface area contributed by atoms with E-state index in [4.69, 9.17) is 9.51 Å². The van der Waals surface area contributed by atoms with E-state index in [0.29, 0.717) is 6.04 Å². The van der Waals surface area contributed by atoms with Gasteiger partial charge >= 0.3 is 0 Å². The predicted molar refractivity (Wildman–Crippen MR) is 106 cm³/mol. The van der Waals surface area contributed by atoms with Crippen LogP contribution in [0.1, 0.15) is 61.4 Å². The SMILES string of the molecule is CC[C@H]1CCCCN1Cc1nc(C(c2ccccc2)c2ccccc2)no1. The molecule has 2 heterocycles. The molecule has 3 aromatic rings. The first-order chi connectivity index (χ1) is 13.3.